The van der Waals surface area contributed by atoms with E-state index >= 15 is 0 Å². The van der Waals surface area contributed by atoms with Crippen LogP contribution in [-0.2, 0) is 11.3 Å². The number of benzene rings is 1. The molecule has 0 aliphatic carbocycles. The fourth-order valence-electron chi connectivity index (χ4n) is 1.42. The molecule has 0 spiro atoms. The zero-order valence-electron chi connectivity index (χ0n) is 9.61. The number of halogens is 1. The molecule has 0 unspecified atom stereocenters. The summed E-state index contributed by atoms with van der Waals surface area (Å²) in [5.74, 6) is -0.0533. The fraction of sp³-hybridized carbons (Fsp3) is 0.417. The third kappa shape index (κ3) is 3.22. The molecule has 0 saturated heterocycles. The first-order chi connectivity index (χ1) is 7.56. The minimum atomic E-state index is -0.424. The van der Waals surface area contributed by atoms with Crippen molar-refractivity contribution in [2.24, 2.45) is 5.73 Å². The Morgan fingerprint density at radius 3 is 2.69 bits per heavy atom. The summed E-state index contributed by atoms with van der Waals surface area (Å²) in [6.45, 7) is 2.39. The third-order valence-electron chi connectivity index (χ3n) is 2.50. The van der Waals surface area contributed by atoms with Crippen LogP contribution < -0.4 is 5.73 Å². The van der Waals surface area contributed by atoms with Crippen molar-refractivity contribution < 1.29 is 4.79 Å². The summed E-state index contributed by atoms with van der Waals surface area (Å²) in [6.07, 6.45) is 0.645. The predicted octanol–water partition coefficient (Wildman–Crippen LogP) is 2.04. The highest BCUT2D eigenvalue weighted by atomic mass is 35.5. The molecule has 1 amide bonds. The number of rotatable bonds is 4. The van der Waals surface area contributed by atoms with Gasteiger partial charge in [0.05, 0.1) is 6.04 Å². The molecule has 0 aliphatic heterocycles. The number of hydrogen-bond acceptors (Lipinski definition) is 2. The van der Waals surface area contributed by atoms with Crippen LogP contribution in [0.5, 0.6) is 0 Å². The summed E-state index contributed by atoms with van der Waals surface area (Å²) < 4.78 is 0. The van der Waals surface area contributed by atoms with Gasteiger partial charge in [-0.1, -0.05) is 36.7 Å². The van der Waals surface area contributed by atoms with E-state index in [4.69, 9.17) is 17.3 Å². The highest BCUT2D eigenvalue weighted by Crippen LogP contribution is 2.16. The summed E-state index contributed by atoms with van der Waals surface area (Å²) in [7, 11) is 1.74. The van der Waals surface area contributed by atoms with Crippen LogP contribution in [0.25, 0.3) is 0 Å². The molecule has 1 aromatic carbocycles. The zero-order chi connectivity index (χ0) is 12.1. The standard InChI is InChI=1S/C12H17ClN2O/c1-3-11(14)12(16)15(2)8-9-6-4-5-7-10(9)13/h4-7,11H,3,8,14H2,1-2H3/t11-/m1/s1. The van der Waals surface area contributed by atoms with Gasteiger partial charge in [0, 0.05) is 18.6 Å². The molecule has 3 nitrogen and oxygen atoms in total. The second-order valence-electron chi connectivity index (χ2n) is 3.80. The number of carbonyl (C=O) groups excluding carboxylic acids is 1. The third-order valence-corrected chi connectivity index (χ3v) is 2.87. The van der Waals surface area contributed by atoms with E-state index in [1.165, 1.54) is 0 Å². The molecule has 0 aliphatic rings. The second-order valence-corrected chi connectivity index (χ2v) is 4.21. The van der Waals surface area contributed by atoms with Gasteiger partial charge in [-0.25, -0.2) is 0 Å². The zero-order valence-corrected chi connectivity index (χ0v) is 10.4. The normalized spacial score (nSPS) is 12.2. The van der Waals surface area contributed by atoms with Crippen LogP contribution >= 0.6 is 11.6 Å². The van der Waals surface area contributed by atoms with E-state index in [-0.39, 0.29) is 5.91 Å². The average molecular weight is 241 g/mol. The van der Waals surface area contributed by atoms with Gasteiger partial charge in [0.25, 0.3) is 0 Å². The Morgan fingerprint density at radius 1 is 1.50 bits per heavy atom. The van der Waals surface area contributed by atoms with Crippen molar-refractivity contribution in [2.45, 2.75) is 25.9 Å². The largest absolute Gasteiger partial charge is 0.340 e. The lowest BCUT2D eigenvalue weighted by Crippen LogP contribution is -2.40. The number of amides is 1. The number of carbonyl (C=O) groups is 1. The van der Waals surface area contributed by atoms with E-state index < -0.39 is 6.04 Å². The molecule has 16 heavy (non-hydrogen) atoms. The lowest BCUT2D eigenvalue weighted by atomic mass is 10.2. The van der Waals surface area contributed by atoms with Gasteiger partial charge < -0.3 is 10.6 Å². The molecule has 1 atom stereocenters. The maximum absolute atomic E-state index is 11.7. The van der Waals surface area contributed by atoms with Gasteiger partial charge in [-0.15, -0.1) is 0 Å². The van der Waals surface area contributed by atoms with Gasteiger partial charge in [0.2, 0.25) is 5.91 Å². The highest BCUT2D eigenvalue weighted by Gasteiger charge is 2.16. The van der Waals surface area contributed by atoms with Crippen molar-refractivity contribution >= 4 is 17.5 Å². The topological polar surface area (TPSA) is 46.3 Å². The molecular weight excluding hydrogens is 224 g/mol. The van der Waals surface area contributed by atoms with E-state index in [9.17, 15) is 4.79 Å². The van der Waals surface area contributed by atoms with Gasteiger partial charge in [0.1, 0.15) is 0 Å². The van der Waals surface area contributed by atoms with E-state index in [1.807, 2.05) is 31.2 Å². The number of hydrogen-bond donors (Lipinski definition) is 1. The van der Waals surface area contributed by atoms with Gasteiger partial charge >= 0.3 is 0 Å². The summed E-state index contributed by atoms with van der Waals surface area (Å²) in [5, 5.41) is 0.673. The van der Waals surface area contributed by atoms with Gasteiger partial charge in [0.15, 0.2) is 0 Å². The van der Waals surface area contributed by atoms with Gasteiger partial charge in [-0.2, -0.15) is 0 Å². The van der Waals surface area contributed by atoms with Crippen molar-refractivity contribution in [3.63, 3.8) is 0 Å². The molecule has 0 bridgehead atoms. The lowest BCUT2D eigenvalue weighted by molar-refractivity contribution is -0.131. The van der Waals surface area contributed by atoms with Crippen molar-refractivity contribution in [3.8, 4) is 0 Å². The summed E-state index contributed by atoms with van der Waals surface area (Å²) in [6, 6.07) is 7.07. The van der Waals surface area contributed by atoms with Crippen LogP contribution in [0.3, 0.4) is 0 Å². The average Bonchev–Trinajstić information content (AvgIpc) is 2.30. The summed E-state index contributed by atoms with van der Waals surface area (Å²) in [4.78, 5) is 13.4. The molecule has 0 saturated carbocycles. The van der Waals surface area contributed by atoms with Gasteiger partial charge in [-0.3, -0.25) is 4.79 Å². The lowest BCUT2D eigenvalue weighted by Gasteiger charge is -2.21. The molecular formula is C12H17ClN2O. The van der Waals surface area contributed by atoms with E-state index in [1.54, 1.807) is 11.9 Å². The van der Waals surface area contributed by atoms with E-state index in [0.717, 1.165) is 5.56 Å². The monoisotopic (exact) mass is 240 g/mol. The Hall–Kier alpha value is -1.06. The Labute approximate surface area is 101 Å². The molecule has 0 fully saturated rings. The molecule has 0 radical (unpaired) electrons. The van der Waals surface area contributed by atoms with Crippen LogP contribution in [0.4, 0.5) is 0 Å². The fourth-order valence-corrected chi connectivity index (χ4v) is 1.61. The molecule has 0 aromatic heterocycles. The van der Waals surface area contributed by atoms with Crippen molar-refractivity contribution in [3.05, 3.63) is 34.9 Å². The summed E-state index contributed by atoms with van der Waals surface area (Å²) in [5.41, 5.74) is 6.62. The predicted molar refractivity (Wildman–Crippen MR) is 66.2 cm³/mol. The smallest absolute Gasteiger partial charge is 0.239 e. The van der Waals surface area contributed by atoms with Crippen molar-refractivity contribution in [2.75, 3.05) is 7.05 Å². The molecule has 4 heteroatoms. The first-order valence-electron chi connectivity index (χ1n) is 5.30. The minimum Gasteiger partial charge on any atom is -0.340 e. The maximum atomic E-state index is 11.7. The highest BCUT2D eigenvalue weighted by molar-refractivity contribution is 6.31. The molecule has 1 aromatic rings. The SMILES string of the molecule is CC[C@@H](N)C(=O)N(C)Cc1ccccc1Cl. The van der Waals surface area contributed by atoms with E-state index in [0.29, 0.717) is 18.0 Å². The van der Waals surface area contributed by atoms with Gasteiger partial charge in [-0.05, 0) is 18.1 Å². The Balaban J connectivity index is 2.68. The maximum Gasteiger partial charge on any atom is 0.239 e. The Morgan fingerprint density at radius 2 is 2.12 bits per heavy atom. The van der Waals surface area contributed by atoms with Crippen LogP contribution in [0, 0.1) is 0 Å². The summed E-state index contributed by atoms with van der Waals surface area (Å²) >= 11 is 6.02. The first-order valence-corrected chi connectivity index (χ1v) is 5.68. The van der Waals surface area contributed by atoms with Crippen molar-refractivity contribution in [1.29, 1.82) is 0 Å². The van der Waals surface area contributed by atoms with Crippen LogP contribution in [0.15, 0.2) is 24.3 Å². The number of nitrogens with zero attached hydrogens (tertiary/aromatic N) is 1. The van der Waals surface area contributed by atoms with Crippen LogP contribution in [-0.4, -0.2) is 23.9 Å². The number of nitrogens with two attached hydrogens (primary N) is 1. The number of likely N-dealkylation sites (N-methyl/N-ethyl adjacent to an activating group) is 1. The van der Waals surface area contributed by atoms with Crippen molar-refractivity contribution in [1.82, 2.24) is 4.90 Å². The molecule has 1 rings (SSSR count). The Kier molecular flexibility index (Phi) is 4.77. The Bertz CT molecular complexity index is 368. The minimum absolute atomic E-state index is 0.0533. The molecule has 2 N–H and O–H groups in total. The molecule has 0 heterocycles. The van der Waals surface area contributed by atoms with Crippen LogP contribution in [0.2, 0.25) is 5.02 Å². The first kappa shape index (κ1) is 13.0. The van der Waals surface area contributed by atoms with Crippen LogP contribution in [0.1, 0.15) is 18.9 Å². The second kappa shape index (κ2) is 5.87. The quantitative estimate of drug-likeness (QED) is 0.876. The molecule has 88 valence electrons. The van der Waals surface area contributed by atoms with E-state index in [2.05, 4.69) is 0 Å².